The molecule has 4 nitrogen and oxygen atoms in total. The molecule has 2 aromatic rings. The van der Waals surface area contributed by atoms with Crippen LogP contribution in [0.5, 0.6) is 0 Å². The van der Waals surface area contributed by atoms with Crippen LogP contribution < -0.4 is 0 Å². The fraction of sp³-hybridized carbons (Fsp3) is 0.576. The molecule has 0 bridgehead atoms. The molecule has 1 saturated heterocycles. The summed E-state index contributed by atoms with van der Waals surface area (Å²) in [4.78, 5) is 27.9. The first kappa shape index (κ1) is 31.3. The Morgan fingerprint density at radius 1 is 0.897 bits per heavy atom. The van der Waals surface area contributed by atoms with Crippen molar-refractivity contribution in [1.82, 2.24) is 4.90 Å². The molecule has 1 aliphatic heterocycles. The number of aryl methyl sites for hydroxylation is 1. The summed E-state index contributed by atoms with van der Waals surface area (Å²) in [6.45, 7) is 6.49. The molecule has 6 heteroatoms. The lowest BCUT2D eigenvalue weighted by molar-refractivity contribution is -0.167. The van der Waals surface area contributed by atoms with E-state index >= 15 is 0 Å². The number of nitrogens with zero attached hydrogens (tertiary/aromatic N) is 1. The number of Topliss-reactive ketones (excluding diaryl/α,β-unsaturated/α-hetero) is 1. The molecule has 39 heavy (non-hydrogen) atoms. The van der Waals surface area contributed by atoms with E-state index in [1.54, 1.807) is 12.1 Å². The molecular formula is C33H45ClFNO3. The summed E-state index contributed by atoms with van der Waals surface area (Å²) < 4.78 is 20.0. The van der Waals surface area contributed by atoms with Gasteiger partial charge in [0.1, 0.15) is 11.4 Å². The van der Waals surface area contributed by atoms with Gasteiger partial charge in [-0.25, -0.2) is 4.39 Å². The monoisotopic (exact) mass is 557 g/mol. The number of carbonyl (C=O) groups excluding carboxylic acids is 2. The molecule has 0 aromatic heterocycles. The molecule has 1 aliphatic rings. The Balaban J connectivity index is 1.50. The molecule has 0 spiro atoms. The quantitative estimate of drug-likeness (QED) is 0.118. The summed E-state index contributed by atoms with van der Waals surface area (Å²) in [5, 5.41) is 0.664. The zero-order chi connectivity index (χ0) is 28.1. The van der Waals surface area contributed by atoms with Gasteiger partial charge in [0.15, 0.2) is 5.78 Å². The summed E-state index contributed by atoms with van der Waals surface area (Å²) in [6, 6.07) is 12.3. The molecule has 1 heterocycles. The van der Waals surface area contributed by atoms with Gasteiger partial charge in [-0.3, -0.25) is 9.59 Å². The average Bonchev–Trinajstić information content (AvgIpc) is 2.94. The first-order chi connectivity index (χ1) is 18.9. The third kappa shape index (κ3) is 9.72. The van der Waals surface area contributed by atoms with Crippen LogP contribution in [0.3, 0.4) is 0 Å². The number of halogens is 2. The van der Waals surface area contributed by atoms with E-state index in [2.05, 4.69) is 11.8 Å². The highest BCUT2D eigenvalue weighted by molar-refractivity contribution is 6.30. The Hall–Kier alpha value is -2.24. The second-order valence-electron chi connectivity index (χ2n) is 10.9. The van der Waals surface area contributed by atoms with Gasteiger partial charge in [0.05, 0.1) is 0 Å². The van der Waals surface area contributed by atoms with Gasteiger partial charge < -0.3 is 9.64 Å². The Morgan fingerprint density at radius 2 is 1.56 bits per heavy atom. The summed E-state index contributed by atoms with van der Waals surface area (Å²) in [7, 11) is 0. The number of benzene rings is 2. The van der Waals surface area contributed by atoms with Gasteiger partial charge in [-0.05, 0) is 67.3 Å². The Bertz CT molecular complexity index is 1050. The van der Waals surface area contributed by atoms with E-state index in [1.165, 1.54) is 38.2 Å². The minimum absolute atomic E-state index is 0.0523. The van der Waals surface area contributed by atoms with Crippen LogP contribution >= 0.6 is 11.6 Å². The molecule has 0 aliphatic carbocycles. The number of likely N-dealkylation sites (tertiary alicyclic amines) is 1. The first-order valence-corrected chi connectivity index (χ1v) is 15.3. The SMILES string of the molecule is CCCCCCCCCC(=O)OC1(c2ccc(Cl)cc2)CCN(CCCC(=O)c2ccc(F)c(CC)c2)CC1. The Morgan fingerprint density at radius 3 is 2.23 bits per heavy atom. The highest BCUT2D eigenvalue weighted by Gasteiger charge is 2.39. The van der Waals surface area contributed by atoms with E-state index in [-0.39, 0.29) is 17.6 Å². The van der Waals surface area contributed by atoms with Gasteiger partial charge in [-0.1, -0.05) is 76.1 Å². The van der Waals surface area contributed by atoms with Crippen molar-refractivity contribution in [2.45, 2.75) is 103 Å². The lowest BCUT2D eigenvalue weighted by Crippen LogP contribution is -2.45. The van der Waals surface area contributed by atoms with Crippen molar-refractivity contribution in [2.24, 2.45) is 0 Å². The lowest BCUT2D eigenvalue weighted by Gasteiger charge is -2.41. The van der Waals surface area contributed by atoms with Gasteiger partial charge in [0.25, 0.3) is 0 Å². The van der Waals surface area contributed by atoms with Gasteiger partial charge in [-0.15, -0.1) is 0 Å². The second kappa shape index (κ2) is 16.1. The molecule has 0 radical (unpaired) electrons. The van der Waals surface area contributed by atoms with Crippen molar-refractivity contribution in [3.63, 3.8) is 0 Å². The fourth-order valence-electron chi connectivity index (χ4n) is 5.46. The number of hydrogen-bond donors (Lipinski definition) is 0. The van der Waals surface area contributed by atoms with Crippen molar-refractivity contribution in [3.05, 3.63) is 70.0 Å². The van der Waals surface area contributed by atoms with Crippen molar-refractivity contribution in [1.29, 1.82) is 0 Å². The minimum Gasteiger partial charge on any atom is -0.454 e. The zero-order valence-corrected chi connectivity index (χ0v) is 24.5. The summed E-state index contributed by atoms with van der Waals surface area (Å²) >= 11 is 6.14. The van der Waals surface area contributed by atoms with Crippen LogP contribution in [0.15, 0.2) is 42.5 Å². The minimum atomic E-state index is -0.639. The summed E-state index contributed by atoms with van der Waals surface area (Å²) in [5.74, 6) is -0.325. The number of esters is 1. The molecule has 2 aromatic carbocycles. The molecular weight excluding hydrogens is 513 g/mol. The maximum absolute atomic E-state index is 13.8. The predicted octanol–water partition coefficient (Wildman–Crippen LogP) is 8.68. The van der Waals surface area contributed by atoms with Crippen LogP contribution in [0.2, 0.25) is 5.02 Å². The molecule has 0 N–H and O–H groups in total. The van der Waals surface area contributed by atoms with Crippen molar-refractivity contribution >= 4 is 23.4 Å². The molecule has 1 fully saturated rings. The van der Waals surface area contributed by atoms with Gasteiger partial charge in [0.2, 0.25) is 0 Å². The number of unbranched alkanes of at least 4 members (excludes halogenated alkanes) is 6. The van der Waals surface area contributed by atoms with Crippen molar-refractivity contribution in [3.8, 4) is 0 Å². The average molecular weight is 558 g/mol. The van der Waals surface area contributed by atoms with Crippen LogP contribution in [0.4, 0.5) is 4.39 Å². The third-order valence-electron chi connectivity index (χ3n) is 7.95. The number of piperidine rings is 1. The summed E-state index contributed by atoms with van der Waals surface area (Å²) in [6.07, 6.45) is 11.8. The Labute approximate surface area is 239 Å². The molecule has 214 valence electrons. The zero-order valence-electron chi connectivity index (χ0n) is 23.8. The van der Waals surface area contributed by atoms with E-state index in [0.717, 1.165) is 44.5 Å². The van der Waals surface area contributed by atoms with E-state index < -0.39 is 5.60 Å². The highest BCUT2D eigenvalue weighted by atomic mass is 35.5. The third-order valence-corrected chi connectivity index (χ3v) is 8.21. The first-order valence-electron chi connectivity index (χ1n) is 14.9. The van der Waals surface area contributed by atoms with E-state index in [9.17, 15) is 14.0 Å². The number of carbonyl (C=O) groups is 2. The standard InChI is InChI=1S/C33H45ClFNO3/c1-3-5-6-7-8-9-10-13-32(38)39-33(28-15-17-29(34)18-16-28)20-23-36(24-21-33)22-11-12-31(37)27-14-19-30(35)26(4-2)25-27/h14-19,25H,3-13,20-24H2,1-2H3. The van der Waals surface area contributed by atoms with Gasteiger partial charge in [-0.2, -0.15) is 0 Å². The second-order valence-corrected chi connectivity index (χ2v) is 11.3. The van der Waals surface area contributed by atoms with Crippen molar-refractivity contribution < 1.29 is 18.7 Å². The largest absolute Gasteiger partial charge is 0.454 e. The van der Waals surface area contributed by atoms with Crippen LogP contribution in [-0.2, 0) is 21.6 Å². The van der Waals surface area contributed by atoms with Crippen LogP contribution in [-0.4, -0.2) is 36.3 Å². The number of rotatable bonds is 16. The van der Waals surface area contributed by atoms with Crippen LogP contribution in [0.25, 0.3) is 0 Å². The number of ether oxygens (including phenoxy) is 1. The van der Waals surface area contributed by atoms with Crippen molar-refractivity contribution in [2.75, 3.05) is 19.6 Å². The number of hydrogen-bond acceptors (Lipinski definition) is 4. The predicted molar refractivity (Wildman–Crippen MR) is 157 cm³/mol. The Kier molecular flexibility index (Phi) is 12.9. The van der Waals surface area contributed by atoms with E-state index in [1.807, 2.05) is 31.2 Å². The summed E-state index contributed by atoms with van der Waals surface area (Å²) in [5.41, 5.74) is 1.52. The van der Waals surface area contributed by atoms with Crippen LogP contribution in [0, 0.1) is 5.82 Å². The maximum Gasteiger partial charge on any atom is 0.306 e. The maximum atomic E-state index is 13.8. The lowest BCUT2D eigenvalue weighted by atomic mass is 9.84. The number of ketones is 1. The molecule has 0 amide bonds. The highest BCUT2D eigenvalue weighted by Crippen LogP contribution is 2.38. The molecule has 0 saturated carbocycles. The molecule has 0 unspecified atom stereocenters. The normalized spacial score (nSPS) is 15.3. The van der Waals surface area contributed by atoms with Crippen LogP contribution in [0.1, 0.15) is 112 Å². The van der Waals surface area contributed by atoms with Gasteiger partial charge >= 0.3 is 5.97 Å². The van der Waals surface area contributed by atoms with Gasteiger partial charge in [0, 0.05) is 49.4 Å². The molecule has 3 rings (SSSR count). The fourth-order valence-corrected chi connectivity index (χ4v) is 5.59. The molecule has 0 atom stereocenters. The van der Waals surface area contributed by atoms with E-state index in [0.29, 0.717) is 48.3 Å². The topological polar surface area (TPSA) is 46.6 Å². The van der Waals surface area contributed by atoms with E-state index in [4.69, 9.17) is 16.3 Å². The smallest absolute Gasteiger partial charge is 0.306 e.